The Morgan fingerprint density at radius 1 is 1.24 bits per heavy atom. The van der Waals surface area contributed by atoms with Crippen LogP contribution in [0.4, 0.5) is 5.69 Å². The zero-order valence-corrected chi connectivity index (χ0v) is 12.0. The Morgan fingerprint density at radius 3 is 2.82 bits per heavy atom. The molecule has 1 aromatic rings. The summed E-state index contributed by atoms with van der Waals surface area (Å²) in [5, 5.41) is 14.2. The van der Waals surface area contributed by atoms with Crippen molar-refractivity contribution < 1.29 is 5.11 Å². The van der Waals surface area contributed by atoms with Gasteiger partial charge < -0.3 is 10.4 Å². The highest BCUT2D eigenvalue weighted by Crippen LogP contribution is 2.29. The lowest BCUT2D eigenvalue weighted by Gasteiger charge is -2.23. The molecule has 1 aliphatic carbocycles. The van der Waals surface area contributed by atoms with E-state index in [1.165, 1.54) is 12.8 Å². The number of rotatable bonds is 2. The first kappa shape index (κ1) is 13.2. The van der Waals surface area contributed by atoms with E-state index in [1.54, 1.807) is 0 Å². The third-order valence-corrected chi connectivity index (χ3v) is 4.18. The van der Waals surface area contributed by atoms with Crippen molar-refractivity contribution in [3.05, 3.63) is 27.7 Å². The van der Waals surface area contributed by atoms with E-state index < -0.39 is 0 Å². The largest absolute Gasteiger partial charge is 0.391 e. The lowest BCUT2D eigenvalue weighted by Crippen LogP contribution is -2.32. The molecule has 2 N–H and O–H groups in total. The monoisotopic (exact) mass is 317 g/mol. The molecule has 1 fully saturated rings. The Hall–Kier alpha value is -0.250. The predicted octanol–water partition coefficient (Wildman–Crippen LogP) is 4.21. The summed E-state index contributed by atoms with van der Waals surface area (Å²) < 4.78 is 0.985. The Labute approximate surface area is 115 Å². The number of hydrogen-bond donors (Lipinski definition) is 2. The summed E-state index contributed by atoms with van der Waals surface area (Å²) in [5.41, 5.74) is 0.962. The van der Waals surface area contributed by atoms with Crippen LogP contribution in [-0.2, 0) is 0 Å². The molecule has 0 amide bonds. The normalized spacial score (nSPS) is 25.4. The van der Waals surface area contributed by atoms with Gasteiger partial charge in [0.1, 0.15) is 0 Å². The molecule has 4 heteroatoms. The van der Waals surface area contributed by atoms with E-state index >= 15 is 0 Å². The minimum Gasteiger partial charge on any atom is -0.391 e. The molecule has 0 radical (unpaired) electrons. The number of nitrogens with one attached hydrogen (secondary N) is 1. The van der Waals surface area contributed by atoms with Crippen molar-refractivity contribution >= 4 is 33.2 Å². The van der Waals surface area contributed by atoms with Gasteiger partial charge in [-0.2, -0.15) is 0 Å². The highest BCUT2D eigenvalue weighted by molar-refractivity contribution is 9.10. The van der Waals surface area contributed by atoms with Gasteiger partial charge in [0.15, 0.2) is 0 Å². The van der Waals surface area contributed by atoms with Crippen LogP contribution < -0.4 is 5.32 Å². The highest BCUT2D eigenvalue weighted by Gasteiger charge is 2.21. The lowest BCUT2D eigenvalue weighted by molar-refractivity contribution is 0.144. The summed E-state index contributed by atoms with van der Waals surface area (Å²) in [7, 11) is 0. The van der Waals surface area contributed by atoms with Gasteiger partial charge in [-0.1, -0.05) is 30.9 Å². The van der Waals surface area contributed by atoms with Crippen molar-refractivity contribution in [3.63, 3.8) is 0 Å². The van der Waals surface area contributed by atoms with Crippen LogP contribution in [0.2, 0.25) is 5.02 Å². The quantitative estimate of drug-likeness (QED) is 0.801. The zero-order chi connectivity index (χ0) is 12.3. The van der Waals surface area contributed by atoms with Crippen molar-refractivity contribution in [2.45, 2.75) is 44.2 Å². The third kappa shape index (κ3) is 3.60. The number of hydrogen-bond acceptors (Lipinski definition) is 2. The van der Waals surface area contributed by atoms with E-state index in [0.717, 1.165) is 29.4 Å². The minimum absolute atomic E-state index is 0.132. The zero-order valence-electron chi connectivity index (χ0n) is 9.63. The standard InChI is InChI=1S/C13H17BrClNO/c14-10-7-6-9(15)8-12(10)16-11-4-2-1-3-5-13(11)17/h6-8,11,13,16-17H,1-5H2. The van der Waals surface area contributed by atoms with Gasteiger partial charge in [-0.15, -0.1) is 0 Å². The number of aliphatic hydroxyl groups is 1. The molecule has 0 saturated heterocycles. The van der Waals surface area contributed by atoms with E-state index in [2.05, 4.69) is 21.2 Å². The molecule has 2 atom stereocenters. The summed E-state index contributed by atoms with van der Waals surface area (Å²) in [6.45, 7) is 0. The van der Waals surface area contributed by atoms with Gasteiger partial charge in [-0.05, 0) is 47.0 Å². The van der Waals surface area contributed by atoms with E-state index in [9.17, 15) is 5.11 Å². The van der Waals surface area contributed by atoms with Crippen LogP contribution in [0.15, 0.2) is 22.7 Å². The van der Waals surface area contributed by atoms with Gasteiger partial charge >= 0.3 is 0 Å². The van der Waals surface area contributed by atoms with E-state index in [-0.39, 0.29) is 12.1 Å². The average Bonchev–Trinajstić information content (AvgIpc) is 2.50. The van der Waals surface area contributed by atoms with Crippen LogP contribution in [0.5, 0.6) is 0 Å². The van der Waals surface area contributed by atoms with Crippen molar-refractivity contribution in [1.82, 2.24) is 0 Å². The first-order chi connectivity index (χ1) is 8.16. The maximum atomic E-state index is 10.1. The first-order valence-electron chi connectivity index (χ1n) is 6.06. The molecule has 94 valence electrons. The molecule has 2 nitrogen and oxygen atoms in total. The number of halogens is 2. The molecule has 0 heterocycles. The molecule has 0 aliphatic heterocycles. The van der Waals surface area contributed by atoms with Crippen molar-refractivity contribution in [3.8, 4) is 0 Å². The molecule has 0 spiro atoms. The van der Waals surface area contributed by atoms with Gasteiger partial charge in [-0.3, -0.25) is 0 Å². The van der Waals surface area contributed by atoms with Crippen molar-refractivity contribution in [1.29, 1.82) is 0 Å². The smallest absolute Gasteiger partial charge is 0.0741 e. The van der Waals surface area contributed by atoms with Gasteiger partial charge in [0.2, 0.25) is 0 Å². The number of aliphatic hydroxyl groups excluding tert-OH is 1. The predicted molar refractivity (Wildman–Crippen MR) is 75.7 cm³/mol. The molecule has 0 aromatic heterocycles. The molecule has 2 rings (SSSR count). The summed E-state index contributed by atoms with van der Waals surface area (Å²) in [6.07, 6.45) is 5.15. The molecular formula is C13H17BrClNO. The Kier molecular flexibility index (Phi) is 4.71. The molecule has 1 aromatic carbocycles. The maximum Gasteiger partial charge on any atom is 0.0741 e. The third-order valence-electron chi connectivity index (χ3n) is 3.25. The van der Waals surface area contributed by atoms with Crippen LogP contribution >= 0.6 is 27.5 Å². The fraction of sp³-hybridized carbons (Fsp3) is 0.538. The fourth-order valence-corrected chi connectivity index (χ4v) is 2.80. The average molecular weight is 319 g/mol. The van der Waals surface area contributed by atoms with Gasteiger partial charge in [0.25, 0.3) is 0 Å². The summed E-state index contributed by atoms with van der Waals surface area (Å²) in [6, 6.07) is 5.80. The van der Waals surface area contributed by atoms with Gasteiger partial charge in [0.05, 0.1) is 17.8 Å². The Bertz CT molecular complexity index is 386. The van der Waals surface area contributed by atoms with Crippen LogP contribution in [0.1, 0.15) is 32.1 Å². The summed E-state index contributed by atoms with van der Waals surface area (Å²) in [4.78, 5) is 0. The fourth-order valence-electron chi connectivity index (χ4n) is 2.26. The van der Waals surface area contributed by atoms with Crippen LogP contribution in [-0.4, -0.2) is 17.3 Å². The second-order valence-corrected chi connectivity index (χ2v) is 5.87. The summed E-state index contributed by atoms with van der Waals surface area (Å²) in [5.74, 6) is 0. The van der Waals surface area contributed by atoms with Gasteiger partial charge in [0, 0.05) is 9.50 Å². The summed E-state index contributed by atoms with van der Waals surface area (Å²) >= 11 is 9.47. The van der Waals surface area contributed by atoms with E-state index in [1.807, 2.05) is 18.2 Å². The molecule has 2 unspecified atom stereocenters. The SMILES string of the molecule is OC1CCCCCC1Nc1cc(Cl)ccc1Br. The second kappa shape index (κ2) is 6.07. The van der Waals surface area contributed by atoms with Crippen molar-refractivity contribution in [2.75, 3.05) is 5.32 Å². The number of anilines is 1. The van der Waals surface area contributed by atoms with Crippen molar-refractivity contribution in [2.24, 2.45) is 0 Å². The topological polar surface area (TPSA) is 32.3 Å². The first-order valence-corrected chi connectivity index (χ1v) is 7.23. The van der Waals surface area contributed by atoms with Gasteiger partial charge in [-0.25, -0.2) is 0 Å². The molecule has 1 saturated carbocycles. The molecule has 1 aliphatic rings. The number of benzene rings is 1. The molecule has 0 bridgehead atoms. The second-order valence-electron chi connectivity index (χ2n) is 4.58. The van der Waals surface area contributed by atoms with E-state index in [0.29, 0.717) is 5.02 Å². The van der Waals surface area contributed by atoms with Crippen LogP contribution in [0.3, 0.4) is 0 Å². The van der Waals surface area contributed by atoms with Crippen LogP contribution in [0, 0.1) is 0 Å². The Balaban J connectivity index is 2.10. The maximum absolute atomic E-state index is 10.1. The van der Waals surface area contributed by atoms with E-state index in [4.69, 9.17) is 11.6 Å². The lowest BCUT2D eigenvalue weighted by atomic mass is 10.1. The molecule has 17 heavy (non-hydrogen) atoms. The highest BCUT2D eigenvalue weighted by atomic mass is 79.9. The Morgan fingerprint density at radius 2 is 2.00 bits per heavy atom. The minimum atomic E-state index is -0.261. The van der Waals surface area contributed by atoms with Crippen LogP contribution in [0.25, 0.3) is 0 Å². The molecular weight excluding hydrogens is 302 g/mol.